The summed E-state index contributed by atoms with van der Waals surface area (Å²) >= 11 is 3.48. The van der Waals surface area contributed by atoms with E-state index in [4.69, 9.17) is 10.9 Å². The van der Waals surface area contributed by atoms with Crippen LogP contribution in [-0.2, 0) is 4.79 Å². The molecule has 0 bridgehead atoms. The Hall–Kier alpha value is -1.56. The maximum Gasteiger partial charge on any atom is 0.238 e. The number of nitrogens with one attached hydrogen (secondary N) is 1. The molecule has 1 rings (SSSR count). The van der Waals surface area contributed by atoms with Gasteiger partial charge in [-0.1, -0.05) is 28.0 Å². The molecule has 0 saturated heterocycles. The quantitative estimate of drug-likeness (QED) is 0.340. The first-order valence-electron chi connectivity index (χ1n) is 6.32. The van der Waals surface area contributed by atoms with Crippen LogP contribution in [-0.4, -0.2) is 17.0 Å². The van der Waals surface area contributed by atoms with Crippen molar-refractivity contribution in [1.29, 1.82) is 0 Å². The second kappa shape index (κ2) is 6.26. The molecule has 6 heteroatoms. The summed E-state index contributed by atoms with van der Waals surface area (Å²) in [6.07, 6.45) is 0.434. The summed E-state index contributed by atoms with van der Waals surface area (Å²) in [7, 11) is 0. The van der Waals surface area contributed by atoms with E-state index >= 15 is 0 Å². The monoisotopic (exact) mass is 341 g/mol. The molecule has 4 N–H and O–H groups in total. The van der Waals surface area contributed by atoms with E-state index in [0.717, 1.165) is 15.6 Å². The van der Waals surface area contributed by atoms with Crippen molar-refractivity contribution in [3.63, 3.8) is 0 Å². The molecule has 0 aromatic heterocycles. The maximum atomic E-state index is 12.4. The SMILES string of the molecule is CCC(C)(C(=O)Nc1cc(C)c(Br)c(C)c1)/C(N)=N/O. The van der Waals surface area contributed by atoms with E-state index < -0.39 is 5.41 Å². The Morgan fingerprint density at radius 3 is 2.35 bits per heavy atom. The van der Waals surface area contributed by atoms with E-state index in [9.17, 15) is 4.79 Å². The molecule has 0 aliphatic carbocycles. The lowest BCUT2D eigenvalue weighted by Crippen LogP contribution is -2.44. The van der Waals surface area contributed by atoms with Gasteiger partial charge < -0.3 is 16.3 Å². The van der Waals surface area contributed by atoms with Gasteiger partial charge in [0.15, 0.2) is 5.84 Å². The van der Waals surface area contributed by atoms with Crippen molar-refractivity contribution >= 4 is 33.4 Å². The molecule has 1 amide bonds. The fourth-order valence-corrected chi connectivity index (χ4v) is 2.08. The van der Waals surface area contributed by atoms with Crippen molar-refractivity contribution in [1.82, 2.24) is 0 Å². The predicted molar refractivity (Wildman–Crippen MR) is 84.1 cm³/mol. The van der Waals surface area contributed by atoms with Gasteiger partial charge in [0.05, 0.1) is 0 Å². The lowest BCUT2D eigenvalue weighted by atomic mass is 9.85. The fourth-order valence-electron chi connectivity index (χ4n) is 1.86. The van der Waals surface area contributed by atoms with Crippen molar-refractivity contribution in [2.45, 2.75) is 34.1 Å². The van der Waals surface area contributed by atoms with Gasteiger partial charge in [-0.15, -0.1) is 0 Å². The minimum absolute atomic E-state index is 0.0944. The highest BCUT2D eigenvalue weighted by atomic mass is 79.9. The van der Waals surface area contributed by atoms with Gasteiger partial charge in [0.25, 0.3) is 0 Å². The number of oxime groups is 1. The summed E-state index contributed by atoms with van der Waals surface area (Å²) in [5, 5.41) is 14.6. The Morgan fingerprint density at radius 2 is 1.95 bits per heavy atom. The lowest BCUT2D eigenvalue weighted by molar-refractivity contribution is -0.121. The molecule has 20 heavy (non-hydrogen) atoms. The number of halogens is 1. The average molecular weight is 342 g/mol. The van der Waals surface area contributed by atoms with Crippen LogP contribution in [0.5, 0.6) is 0 Å². The first-order valence-corrected chi connectivity index (χ1v) is 7.11. The highest BCUT2D eigenvalue weighted by Crippen LogP contribution is 2.28. The molecule has 1 atom stereocenters. The number of hydrogen-bond donors (Lipinski definition) is 3. The van der Waals surface area contributed by atoms with Crippen LogP contribution in [0.4, 0.5) is 5.69 Å². The van der Waals surface area contributed by atoms with E-state index in [1.165, 1.54) is 0 Å². The third-order valence-corrected chi connectivity index (χ3v) is 4.83. The number of aryl methyl sites for hydroxylation is 2. The van der Waals surface area contributed by atoms with Crippen LogP contribution in [0.3, 0.4) is 0 Å². The van der Waals surface area contributed by atoms with Crippen molar-refractivity contribution in [2.75, 3.05) is 5.32 Å². The number of amidine groups is 1. The largest absolute Gasteiger partial charge is 0.409 e. The van der Waals surface area contributed by atoms with Gasteiger partial charge >= 0.3 is 0 Å². The first-order chi connectivity index (χ1) is 9.26. The zero-order valence-corrected chi connectivity index (χ0v) is 13.7. The summed E-state index contributed by atoms with van der Waals surface area (Å²) < 4.78 is 1.02. The number of nitrogens with zero attached hydrogens (tertiary/aromatic N) is 1. The second-order valence-corrected chi connectivity index (χ2v) is 5.84. The van der Waals surface area contributed by atoms with Crippen molar-refractivity contribution in [2.24, 2.45) is 16.3 Å². The first kappa shape index (κ1) is 16.5. The van der Waals surface area contributed by atoms with Crippen LogP contribution < -0.4 is 11.1 Å². The summed E-state index contributed by atoms with van der Waals surface area (Å²) in [5.41, 5.74) is 7.35. The van der Waals surface area contributed by atoms with Gasteiger partial charge in [0, 0.05) is 10.2 Å². The van der Waals surface area contributed by atoms with E-state index in [-0.39, 0.29) is 11.7 Å². The van der Waals surface area contributed by atoms with E-state index in [0.29, 0.717) is 12.1 Å². The van der Waals surface area contributed by atoms with E-state index in [2.05, 4.69) is 26.4 Å². The smallest absolute Gasteiger partial charge is 0.238 e. The Bertz CT molecular complexity index is 534. The summed E-state index contributed by atoms with van der Waals surface area (Å²) in [4.78, 5) is 12.4. The molecule has 110 valence electrons. The number of carbonyl (C=O) groups is 1. The lowest BCUT2D eigenvalue weighted by Gasteiger charge is -2.25. The Balaban J connectivity index is 3.07. The molecule has 0 spiro atoms. The van der Waals surface area contributed by atoms with Gasteiger partial charge in [-0.05, 0) is 50.5 Å². The number of anilines is 1. The normalized spacial score (nSPS) is 14.8. The molecule has 1 aromatic rings. The molecule has 0 heterocycles. The number of amides is 1. The molecule has 0 aliphatic heterocycles. The summed E-state index contributed by atoms with van der Waals surface area (Å²) in [5.74, 6) is -0.389. The molecule has 0 saturated carbocycles. The number of carbonyl (C=O) groups excluding carboxylic acids is 1. The van der Waals surface area contributed by atoms with Gasteiger partial charge in [-0.2, -0.15) is 0 Å². The number of benzene rings is 1. The third-order valence-electron chi connectivity index (χ3n) is 3.58. The molecule has 1 aromatic carbocycles. The average Bonchev–Trinajstić information content (AvgIpc) is 2.42. The minimum atomic E-state index is -1.04. The number of nitrogens with two attached hydrogens (primary N) is 1. The van der Waals surface area contributed by atoms with E-state index in [1.54, 1.807) is 6.92 Å². The van der Waals surface area contributed by atoms with Crippen LogP contribution >= 0.6 is 15.9 Å². The highest BCUT2D eigenvalue weighted by Gasteiger charge is 2.36. The van der Waals surface area contributed by atoms with Gasteiger partial charge in [0.2, 0.25) is 5.91 Å². The number of hydrogen-bond acceptors (Lipinski definition) is 3. The Kier molecular flexibility index (Phi) is 5.16. The summed E-state index contributed by atoms with van der Waals surface area (Å²) in [6, 6.07) is 3.74. The third kappa shape index (κ3) is 3.12. The molecule has 5 nitrogen and oxygen atoms in total. The number of rotatable bonds is 4. The topological polar surface area (TPSA) is 87.7 Å². The molecule has 0 aliphatic rings. The van der Waals surface area contributed by atoms with Crippen LogP contribution in [0.1, 0.15) is 31.4 Å². The maximum absolute atomic E-state index is 12.4. The summed E-state index contributed by atoms with van der Waals surface area (Å²) in [6.45, 7) is 7.37. The molecular formula is C14H20BrN3O2. The fraction of sp³-hybridized carbons (Fsp3) is 0.429. The van der Waals surface area contributed by atoms with Crippen LogP contribution in [0.15, 0.2) is 21.8 Å². The molecule has 1 unspecified atom stereocenters. The standard InChI is InChI=1S/C14H20BrN3O2/c1-5-14(4,12(16)18-20)13(19)17-10-6-8(2)11(15)9(3)7-10/h6-7,20H,5H2,1-4H3,(H2,16,18)(H,17,19). The Morgan fingerprint density at radius 1 is 1.45 bits per heavy atom. The highest BCUT2D eigenvalue weighted by molar-refractivity contribution is 9.10. The Labute approximate surface area is 127 Å². The van der Waals surface area contributed by atoms with Gasteiger partial charge in [-0.25, -0.2) is 0 Å². The zero-order valence-electron chi connectivity index (χ0n) is 12.1. The van der Waals surface area contributed by atoms with Crippen molar-refractivity contribution in [3.8, 4) is 0 Å². The molecule has 0 radical (unpaired) electrons. The van der Waals surface area contributed by atoms with Gasteiger partial charge in [-0.3, -0.25) is 4.79 Å². The van der Waals surface area contributed by atoms with Crippen LogP contribution in [0, 0.1) is 19.3 Å². The zero-order chi connectivity index (χ0) is 15.5. The molecule has 0 fully saturated rings. The molecular weight excluding hydrogens is 322 g/mol. The predicted octanol–water partition coefficient (Wildman–Crippen LogP) is 3.17. The van der Waals surface area contributed by atoms with Gasteiger partial charge in [0.1, 0.15) is 5.41 Å². The van der Waals surface area contributed by atoms with Crippen molar-refractivity contribution in [3.05, 3.63) is 27.7 Å². The van der Waals surface area contributed by atoms with Crippen LogP contribution in [0.25, 0.3) is 0 Å². The van der Waals surface area contributed by atoms with Crippen molar-refractivity contribution < 1.29 is 10.0 Å². The van der Waals surface area contributed by atoms with Crippen LogP contribution in [0.2, 0.25) is 0 Å². The minimum Gasteiger partial charge on any atom is -0.409 e. The second-order valence-electron chi connectivity index (χ2n) is 5.05. The van der Waals surface area contributed by atoms with E-state index in [1.807, 2.05) is 32.9 Å².